The van der Waals surface area contributed by atoms with E-state index in [4.69, 9.17) is 0 Å². The first-order valence-corrected chi connectivity index (χ1v) is 8.85. The average Bonchev–Trinajstić information content (AvgIpc) is 2.98. The van der Waals surface area contributed by atoms with E-state index in [9.17, 15) is 0 Å². The van der Waals surface area contributed by atoms with E-state index < -0.39 is 0 Å². The molecule has 0 aliphatic carbocycles. The number of nitrogens with zero attached hydrogens (tertiary/aromatic N) is 6. The van der Waals surface area contributed by atoms with Gasteiger partial charge in [0.2, 0.25) is 0 Å². The van der Waals surface area contributed by atoms with Crippen molar-refractivity contribution in [3.05, 3.63) is 41.7 Å². The number of hydrogen-bond acceptors (Lipinski definition) is 5. The van der Waals surface area contributed by atoms with Crippen LogP contribution in [0, 0.1) is 0 Å². The smallest absolute Gasteiger partial charge is 0.147 e. The van der Waals surface area contributed by atoms with Crippen LogP contribution in [0.1, 0.15) is 42.9 Å². The van der Waals surface area contributed by atoms with Gasteiger partial charge in [-0.3, -0.25) is 9.88 Å². The molecule has 3 heterocycles. The molecule has 6 heteroatoms. The molecule has 0 N–H and O–H groups in total. The summed E-state index contributed by atoms with van der Waals surface area (Å²) < 4.78 is 2.31. The second-order valence-electron chi connectivity index (χ2n) is 6.87. The minimum Gasteiger partial charge on any atom is -0.314 e. The van der Waals surface area contributed by atoms with Crippen LogP contribution in [0.4, 0.5) is 0 Å². The van der Waals surface area contributed by atoms with Crippen LogP contribution in [0.2, 0.25) is 0 Å². The van der Waals surface area contributed by atoms with Crippen molar-refractivity contribution in [2.75, 3.05) is 27.2 Å². The Morgan fingerprint density at radius 3 is 2.62 bits per heavy atom. The summed E-state index contributed by atoms with van der Waals surface area (Å²) in [5.41, 5.74) is 1.29. The highest BCUT2D eigenvalue weighted by atomic mass is 15.3. The molecule has 0 atom stereocenters. The van der Waals surface area contributed by atoms with Gasteiger partial charge < -0.3 is 9.47 Å². The first-order chi connectivity index (χ1) is 11.7. The molecular formula is C18H28N6. The van der Waals surface area contributed by atoms with Crippen molar-refractivity contribution >= 4 is 0 Å². The Morgan fingerprint density at radius 2 is 2.00 bits per heavy atom. The maximum atomic E-state index is 4.53. The zero-order valence-corrected chi connectivity index (χ0v) is 15.0. The molecule has 1 fully saturated rings. The van der Waals surface area contributed by atoms with Crippen LogP contribution in [0.3, 0.4) is 0 Å². The standard InChI is InChI=1S/C18H28N6/c1-4-24-17(14-22(2)3)20-21-18(24)16-7-10-23(11-8-16)13-15-6-5-9-19-12-15/h5-6,9,12,16H,4,7-8,10-11,13-14H2,1-3H3. The zero-order valence-electron chi connectivity index (χ0n) is 15.0. The second kappa shape index (κ2) is 7.85. The monoisotopic (exact) mass is 328 g/mol. The van der Waals surface area contributed by atoms with Gasteiger partial charge in [0.05, 0.1) is 6.54 Å². The summed E-state index contributed by atoms with van der Waals surface area (Å²) in [5, 5.41) is 8.97. The first kappa shape index (κ1) is 17.0. The molecule has 1 saturated heterocycles. The number of piperidine rings is 1. The Labute approximate surface area is 144 Å². The molecule has 0 bridgehead atoms. The summed E-state index contributed by atoms with van der Waals surface area (Å²) in [5.74, 6) is 2.78. The van der Waals surface area contributed by atoms with Crippen LogP contribution in [0.25, 0.3) is 0 Å². The largest absolute Gasteiger partial charge is 0.314 e. The van der Waals surface area contributed by atoms with Gasteiger partial charge in [-0.15, -0.1) is 10.2 Å². The van der Waals surface area contributed by atoms with Crippen LogP contribution in [0.5, 0.6) is 0 Å². The highest BCUT2D eigenvalue weighted by Crippen LogP contribution is 2.28. The molecule has 6 nitrogen and oxygen atoms in total. The van der Waals surface area contributed by atoms with E-state index in [1.165, 1.54) is 11.4 Å². The maximum Gasteiger partial charge on any atom is 0.147 e. The molecule has 130 valence electrons. The van der Waals surface area contributed by atoms with Gasteiger partial charge in [0, 0.05) is 31.4 Å². The van der Waals surface area contributed by atoms with Crippen LogP contribution in [-0.4, -0.2) is 56.7 Å². The predicted molar refractivity (Wildman–Crippen MR) is 94.6 cm³/mol. The van der Waals surface area contributed by atoms with Gasteiger partial charge in [-0.25, -0.2) is 0 Å². The van der Waals surface area contributed by atoms with Crippen molar-refractivity contribution in [3.63, 3.8) is 0 Å². The maximum absolute atomic E-state index is 4.53. The summed E-state index contributed by atoms with van der Waals surface area (Å²) >= 11 is 0. The Bertz CT molecular complexity index is 628. The molecule has 3 rings (SSSR count). The third kappa shape index (κ3) is 3.99. The lowest BCUT2D eigenvalue weighted by Crippen LogP contribution is -2.33. The summed E-state index contributed by atoms with van der Waals surface area (Å²) in [6.45, 7) is 7.19. The van der Waals surface area contributed by atoms with Crippen LogP contribution < -0.4 is 0 Å². The van der Waals surface area contributed by atoms with Crippen molar-refractivity contribution in [1.82, 2.24) is 29.5 Å². The summed E-state index contributed by atoms with van der Waals surface area (Å²) in [6.07, 6.45) is 6.10. The summed E-state index contributed by atoms with van der Waals surface area (Å²) in [4.78, 5) is 8.87. The van der Waals surface area contributed by atoms with Gasteiger partial charge in [0.25, 0.3) is 0 Å². The molecule has 2 aromatic rings. The zero-order chi connectivity index (χ0) is 16.9. The second-order valence-corrected chi connectivity index (χ2v) is 6.87. The third-order valence-electron chi connectivity index (χ3n) is 4.71. The van der Waals surface area contributed by atoms with Crippen molar-refractivity contribution in [2.45, 2.75) is 45.3 Å². The molecule has 0 radical (unpaired) electrons. The Morgan fingerprint density at radius 1 is 1.21 bits per heavy atom. The van der Waals surface area contributed by atoms with Gasteiger partial charge in [0.1, 0.15) is 11.6 Å². The van der Waals surface area contributed by atoms with Crippen molar-refractivity contribution < 1.29 is 0 Å². The lowest BCUT2D eigenvalue weighted by molar-refractivity contribution is 0.199. The Kier molecular flexibility index (Phi) is 5.58. The minimum absolute atomic E-state index is 0.526. The molecule has 0 aromatic carbocycles. The molecule has 0 amide bonds. The Hall–Kier alpha value is -1.79. The van der Waals surface area contributed by atoms with E-state index in [1.807, 2.05) is 18.5 Å². The van der Waals surface area contributed by atoms with E-state index in [-0.39, 0.29) is 0 Å². The van der Waals surface area contributed by atoms with Crippen LogP contribution in [0.15, 0.2) is 24.5 Å². The van der Waals surface area contributed by atoms with Gasteiger partial charge in [0.15, 0.2) is 0 Å². The summed E-state index contributed by atoms with van der Waals surface area (Å²) in [6, 6.07) is 4.17. The fourth-order valence-electron chi connectivity index (χ4n) is 3.49. The number of hydrogen-bond donors (Lipinski definition) is 0. The molecule has 1 aliphatic heterocycles. The highest BCUT2D eigenvalue weighted by molar-refractivity contribution is 5.09. The SMILES string of the molecule is CCn1c(CN(C)C)nnc1C1CCN(Cc2cccnc2)CC1. The van der Waals surface area contributed by atoms with Gasteiger partial charge in [-0.05, 0) is 58.6 Å². The topological polar surface area (TPSA) is 50.1 Å². The van der Waals surface area contributed by atoms with Crippen molar-refractivity contribution in [1.29, 1.82) is 0 Å². The molecule has 1 aliphatic rings. The predicted octanol–water partition coefficient (Wildman–Crippen LogP) is 2.13. The summed E-state index contributed by atoms with van der Waals surface area (Å²) in [7, 11) is 4.15. The van der Waals surface area contributed by atoms with E-state index in [2.05, 4.69) is 56.6 Å². The molecule has 24 heavy (non-hydrogen) atoms. The molecule has 2 aromatic heterocycles. The van der Waals surface area contributed by atoms with Crippen LogP contribution in [-0.2, 0) is 19.6 Å². The number of rotatable bonds is 6. The van der Waals surface area contributed by atoms with Crippen LogP contribution >= 0.6 is 0 Å². The highest BCUT2D eigenvalue weighted by Gasteiger charge is 2.25. The van der Waals surface area contributed by atoms with E-state index in [0.717, 1.165) is 51.4 Å². The quantitative estimate of drug-likeness (QED) is 0.813. The fraction of sp³-hybridized carbons (Fsp3) is 0.611. The van der Waals surface area contributed by atoms with Gasteiger partial charge in [-0.2, -0.15) is 0 Å². The molecule has 0 unspecified atom stereocenters. The van der Waals surface area contributed by atoms with E-state index in [1.54, 1.807) is 0 Å². The number of pyridine rings is 1. The van der Waals surface area contributed by atoms with Gasteiger partial charge in [-0.1, -0.05) is 6.07 Å². The van der Waals surface area contributed by atoms with Crippen molar-refractivity contribution in [2.24, 2.45) is 0 Å². The lowest BCUT2D eigenvalue weighted by atomic mass is 9.95. The van der Waals surface area contributed by atoms with Gasteiger partial charge >= 0.3 is 0 Å². The van der Waals surface area contributed by atoms with Crippen molar-refractivity contribution in [3.8, 4) is 0 Å². The van der Waals surface area contributed by atoms with E-state index in [0.29, 0.717) is 5.92 Å². The molecular weight excluding hydrogens is 300 g/mol. The third-order valence-corrected chi connectivity index (χ3v) is 4.71. The first-order valence-electron chi connectivity index (χ1n) is 8.85. The molecule has 0 saturated carbocycles. The average molecular weight is 328 g/mol. The number of likely N-dealkylation sites (tertiary alicyclic amines) is 1. The van der Waals surface area contributed by atoms with E-state index >= 15 is 0 Å². The minimum atomic E-state index is 0.526. The normalized spacial score (nSPS) is 16.8. The molecule has 0 spiro atoms. The lowest BCUT2D eigenvalue weighted by Gasteiger charge is -2.31. The Balaban J connectivity index is 1.61. The fourth-order valence-corrected chi connectivity index (χ4v) is 3.49. The number of aromatic nitrogens is 4.